The summed E-state index contributed by atoms with van der Waals surface area (Å²) < 4.78 is 67.9. The topological polar surface area (TPSA) is 76.3 Å². The minimum atomic E-state index is -3.75. The summed E-state index contributed by atoms with van der Waals surface area (Å²) in [6.45, 7) is 1.07. The summed E-state index contributed by atoms with van der Waals surface area (Å²) in [6, 6.07) is 9.80. The zero-order valence-electron chi connectivity index (χ0n) is 20.2. The molecular formula is C26H27F4N5O2. The number of hydrogen-bond acceptors (Lipinski definition) is 6. The van der Waals surface area contributed by atoms with Crippen LogP contribution in [0.2, 0.25) is 0 Å². The van der Waals surface area contributed by atoms with E-state index < -0.39 is 46.1 Å². The number of rotatable bonds is 8. The molecule has 2 aromatic carbocycles. The molecule has 3 aromatic rings. The number of hydrogen-bond donors (Lipinski definition) is 1. The van der Waals surface area contributed by atoms with Crippen molar-refractivity contribution in [3.8, 4) is 5.75 Å². The zero-order chi connectivity index (χ0) is 26.1. The second-order valence-corrected chi connectivity index (χ2v) is 11.0. The molecule has 37 heavy (non-hydrogen) atoms. The number of halogens is 4. The predicted molar refractivity (Wildman–Crippen MR) is 124 cm³/mol. The molecule has 0 unspecified atom stereocenters. The Labute approximate surface area is 211 Å². The van der Waals surface area contributed by atoms with Crippen LogP contribution in [0.4, 0.5) is 17.6 Å². The Hall–Kier alpha value is -3.05. The van der Waals surface area contributed by atoms with E-state index in [4.69, 9.17) is 4.74 Å². The van der Waals surface area contributed by atoms with E-state index in [9.17, 15) is 13.9 Å². The minimum Gasteiger partial charge on any atom is -0.489 e. The first-order chi connectivity index (χ1) is 17.6. The van der Waals surface area contributed by atoms with E-state index >= 15 is 8.78 Å². The molecule has 11 heteroatoms. The Bertz CT molecular complexity index is 1280. The number of likely N-dealkylation sites (N-methyl/N-ethyl adjacent to an activating group) is 1. The van der Waals surface area contributed by atoms with Crippen LogP contribution >= 0.6 is 0 Å². The van der Waals surface area contributed by atoms with E-state index in [1.54, 1.807) is 0 Å². The highest BCUT2D eigenvalue weighted by atomic mass is 19.3. The fourth-order valence-corrected chi connectivity index (χ4v) is 6.60. The van der Waals surface area contributed by atoms with Crippen LogP contribution < -0.4 is 4.74 Å². The molecule has 2 heterocycles. The van der Waals surface area contributed by atoms with E-state index in [1.807, 2.05) is 24.3 Å². The molecule has 1 N–H and O–H groups in total. The van der Waals surface area contributed by atoms with Gasteiger partial charge in [-0.3, -0.25) is 0 Å². The molecule has 7 rings (SSSR count). The smallest absolute Gasteiger partial charge is 0.287 e. The summed E-state index contributed by atoms with van der Waals surface area (Å²) >= 11 is 0. The highest BCUT2D eigenvalue weighted by molar-refractivity contribution is 5.44. The van der Waals surface area contributed by atoms with Gasteiger partial charge in [-0.15, -0.1) is 5.10 Å². The fraction of sp³-hybridized carbons (Fsp3) is 0.500. The lowest BCUT2D eigenvalue weighted by Gasteiger charge is -2.74. The summed E-state index contributed by atoms with van der Waals surface area (Å²) in [5.41, 5.74) is -4.68. The molecule has 3 aliphatic carbocycles. The standard InChI is InChI=1S/C26H27F4N5O2/c1-34-9-8-20(11-34)37-19-5-2-17(3-6-19)23-12-24(13-23,14-23)26(29,30)25(36,15-35-16-31-32-33-35)21-7-4-18(27)10-22(21)28/h2-7,10,16,20,36H,8-9,11-15H2,1H3/t20-,23?,24?,25+/m0/s1. The van der Waals surface area contributed by atoms with Crippen LogP contribution in [0, 0.1) is 17.0 Å². The monoisotopic (exact) mass is 517 g/mol. The Kier molecular flexibility index (Phi) is 5.40. The van der Waals surface area contributed by atoms with Gasteiger partial charge in [0.05, 0.1) is 6.54 Å². The lowest BCUT2D eigenvalue weighted by atomic mass is 9.30. The van der Waals surface area contributed by atoms with Crippen molar-refractivity contribution in [2.24, 2.45) is 5.41 Å². The van der Waals surface area contributed by atoms with Crippen molar-refractivity contribution in [1.82, 2.24) is 25.1 Å². The summed E-state index contributed by atoms with van der Waals surface area (Å²) in [4.78, 5) is 2.21. The van der Waals surface area contributed by atoms with E-state index in [2.05, 4.69) is 27.5 Å². The fourth-order valence-electron chi connectivity index (χ4n) is 6.60. The van der Waals surface area contributed by atoms with Crippen molar-refractivity contribution in [2.45, 2.75) is 55.3 Å². The normalized spacial score (nSPS) is 28.9. The van der Waals surface area contributed by atoms with Crippen LogP contribution in [-0.4, -0.2) is 62.4 Å². The van der Waals surface area contributed by atoms with E-state index in [1.165, 1.54) is 0 Å². The highest BCUT2D eigenvalue weighted by Gasteiger charge is 2.82. The first-order valence-electron chi connectivity index (χ1n) is 12.3. The van der Waals surface area contributed by atoms with Crippen molar-refractivity contribution < 1.29 is 27.4 Å². The van der Waals surface area contributed by atoms with Gasteiger partial charge in [-0.1, -0.05) is 12.1 Å². The first-order valence-corrected chi connectivity index (χ1v) is 12.3. The maximum atomic E-state index is 16.3. The van der Waals surface area contributed by atoms with Gasteiger partial charge in [0.2, 0.25) is 0 Å². The van der Waals surface area contributed by atoms with Gasteiger partial charge in [0, 0.05) is 30.1 Å². The summed E-state index contributed by atoms with van der Waals surface area (Å²) in [5.74, 6) is -5.17. The molecule has 0 spiro atoms. The largest absolute Gasteiger partial charge is 0.489 e. The Morgan fingerprint density at radius 1 is 1.11 bits per heavy atom. The molecule has 196 valence electrons. The summed E-state index contributed by atoms with van der Waals surface area (Å²) in [5, 5.41) is 21.9. The van der Waals surface area contributed by atoms with Crippen molar-refractivity contribution in [3.63, 3.8) is 0 Å². The van der Waals surface area contributed by atoms with Gasteiger partial charge in [-0.2, -0.15) is 0 Å². The lowest BCUT2D eigenvalue weighted by molar-refractivity contribution is -0.347. The molecule has 1 saturated heterocycles. The quantitative estimate of drug-likeness (QED) is 0.460. The van der Waals surface area contributed by atoms with Crippen LogP contribution in [0.1, 0.15) is 36.8 Å². The number of tetrazole rings is 1. The van der Waals surface area contributed by atoms with Crippen LogP contribution in [0.5, 0.6) is 5.75 Å². The lowest BCUT2D eigenvalue weighted by Crippen LogP contribution is -2.76. The highest BCUT2D eigenvalue weighted by Crippen LogP contribution is 2.80. The van der Waals surface area contributed by atoms with Crippen LogP contribution in [0.25, 0.3) is 0 Å². The summed E-state index contributed by atoms with van der Waals surface area (Å²) in [6.07, 6.45) is 2.59. The molecule has 2 atom stereocenters. The molecule has 7 nitrogen and oxygen atoms in total. The second kappa shape index (κ2) is 8.22. The van der Waals surface area contributed by atoms with Gasteiger partial charge in [0.15, 0.2) is 5.60 Å². The molecule has 1 aromatic heterocycles. The van der Waals surface area contributed by atoms with Crippen LogP contribution in [-0.2, 0) is 17.6 Å². The number of nitrogens with zero attached hydrogens (tertiary/aromatic N) is 5. The van der Waals surface area contributed by atoms with Crippen molar-refractivity contribution in [1.29, 1.82) is 0 Å². The first kappa shape index (κ1) is 24.3. The number of likely N-dealkylation sites (tertiary alicyclic amines) is 1. The zero-order valence-corrected chi connectivity index (χ0v) is 20.2. The van der Waals surface area contributed by atoms with Crippen molar-refractivity contribution >= 4 is 0 Å². The SMILES string of the molecule is CN1CC[C@H](Oc2ccc(C34CC(C(F)(F)[C@@](O)(Cn5cnnn5)c5ccc(F)cc5F)(C3)C4)cc2)C1. The number of benzene rings is 2. The van der Waals surface area contributed by atoms with Crippen LogP contribution in [0.15, 0.2) is 48.8 Å². The molecule has 4 fully saturated rings. The Morgan fingerprint density at radius 3 is 2.43 bits per heavy atom. The Morgan fingerprint density at radius 2 is 1.84 bits per heavy atom. The molecule has 2 bridgehead atoms. The van der Waals surface area contributed by atoms with Gasteiger partial charge in [-0.05, 0) is 78.4 Å². The number of aliphatic hydroxyl groups is 1. The average molecular weight is 518 g/mol. The third kappa shape index (κ3) is 3.65. The van der Waals surface area contributed by atoms with Gasteiger partial charge >= 0.3 is 0 Å². The van der Waals surface area contributed by atoms with Gasteiger partial charge in [0.1, 0.15) is 29.8 Å². The third-order valence-corrected chi connectivity index (χ3v) is 8.49. The molecule has 0 amide bonds. The average Bonchev–Trinajstić information content (AvgIpc) is 3.44. The Balaban J connectivity index is 1.23. The van der Waals surface area contributed by atoms with Crippen molar-refractivity contribution in [3.05, 3.63) is 71.6 Å². The third-order valence-electron chi connectivity index (χ3n) is 8.49. The number of ether oxygens (including phenoxy) is 1. The molecule has 1 aliphatic heterocycles. The van der Waals surface area contributed by atoms with Gasteiger partial charge < -0.3 is 14.7 Å². The predicted octanol–water partition coefficient (Wildman–Crippen LogP) is 3.68. The molecule has 4 aliphatic rings. The van der Waals surface area contributed by atoms with Gasteiger partial charge in [-0.25, -0.2) is 22.2 Å². The molecular weight excluding hydrogens is 490 g/mol. The molecule has 3 saturated carbocycles. The van der Waals surface area contributed by atoms with Gasteiger partial charge in [0.25, 0.3) is 5.92 Å². The van der Waals surface area contributed by atoms with E-state index in [0.29, 0.717) is 6.07 Å². The minimum absolute atomic E-state index is 0.137. The maximum Gasteiger partial charge on any atom is 0.287 e. The maximum absolute atomic E-state index is 16.3. The second-order valence-electron chi connectivity index (χ2n) is 11.0. The number of aromatic nitrogens is 4. The van der Waals surface area contributed by atoms with Crippen LogP contribution in [0.3, 0.4) is 0 Å². The summed E-state index contributed by atoms with van der Waals surface area (Å²) in [7, 11) is 2.05. The molecule has 0 radical (unpaired) electrons. The van der Waals surface area contributed by atoms with E-state index in [0.717, 1.165) is 54.0 Å². The number of alkyl halides is 2. The van der Waals surface area contributed by atoms with E-state index in [-0.39, 0.29) is 25.4 Å². The van der Waals surface area contributed by atoms with Crippen molar-refractivity contribution in [2.75, 3.05) is 20.1 Å².